The molecule has 1 aliphatic carbocycles. The lowest BCUT2D eigenvalue weighted by atomic mass is 10.3. The Hall–Kier alpha value is -3.08. The minimum Gasteiger partial charge on any atom is -0.467 e. The fraction of sp³-hybridized carbons (Fsp3) is 0.556. The van der Waals surface area contributed by atoms with E-state index in [9.17, 15) is 9.59 Å². The molecule has 1 N–H and O–H groups in total. The van der Waals surface area contributed by atoms with Crippen molar-refractivity contribution < 1.29 is 14.3 Å². The van der Waals surface area contributed by atoms with Crippen LogP contribution in [0.5, 0.6) is 6.01 Å². The summed E-state index contributed by atoms with van der Waals surface area (Å²) in [6, 6.07) is 1.69. The highest BCUT2D eigenvalue weighted by atomic mass is 16.5. The topological polar surface area (TPSA) is 124 Å². The number of ether oxygens (including phenoxy) is 2. The highest BCUT2D eigenvalue weighted by molar-refractivity contribution is 5.75. The average Bonchev–Trinajstić information content (AvgIpc) is 3.59. The van der Waals surface area contributed by atoms with Gasteiger partial charge in [0.2, 0.25) is 11.9 Å². The van der Waals surface area contributed by atoms with E-state index in [1.54, 1.807) is 0 Å². The van der Waals surface area contributed by atoms with Crippen LogP contribution >= 0.6 is 0 Å². The zero-order valence-corrected chi connectivity index (χ0v) is 16.2. The number of methoxy groups -OCH3 is 1. The molecule has 0 radical (unpaired) electrons. The molecule has 11 heteroatoms. The standard InChI is InChI=1S/C18H23N7O4/c1-28-18-22-14(21-17(23-18)24-4-6-29-7-5-24)9-19-15(26)10-25-11-20-13(8-16(25)27)12-2-3-12/h8,11-12H,2-7,9-10H2,1H3,(H,19,26). The second kappa shape index (κ2) is 8.52. The van der Waals surface area contributed by atoms with Gasteiger partial charge in [0, 0.05) is 25.1 Å². The molecule has 29 heavy (non-hydrogen) atoms. The van der Waals surface area contributed by atoms with E-state index in [0.717, 1.165) is 18.5 Å². The Balaban J connectivity index is 1.38. The predicted octanol–water partition coefficient (Wildman–Crippen LogP) is -0.533. The molecule has 2 aliphatic rings. The molecule has 2 fully saturated rings. The molecule has 2 aromatic heterocycles. The first-order chi connectivity index (χ1) is 14.1. The van der Waals surface area contributed by atoms with Crippen LogP contribution in [0.25, 0.3) is 0 Å². The summed E-state index contributed by atoms with van der Waals surface area (Å²) in [5.41, 5.74) is 0.577. The van der Waals surface area contributed by atoms with Gasteiger partial charge in [-0.2, -0.15) is 15.0 Å². The van der Waals surface area contributed by atoms with Gasteiger partial charge >= 0.3 is 6.01 Å². The maximum absolute atomic E-state index is 12.3. The number of carbonyl (C=O) groups is 1. The van der Waals surface area contributed by atoms with Gasteiger partial charge < -0.3 is 19.7 Å². The number of carbonyl (C=O) groups excluding carboxylic acids is 1. The van der Waals surface area contributed by atoms with Gasteiger partial charge in [-0.3, -0.25) is 14.2 Å². The van der Waals surface area contributed by atoms with Crippen molar-refractivity contribution >= 4 is 11.9 Å². The van der Waals surface area contributed by atoms with Crippen molar-refractivity contribution in [3.05, 3.63) is 34.3 Å². The Morgan fingerprint density at radius 3 is 2.76 bits per heavy atom. The number of rotatable bonds is 7. The SMILES string of the molecule is COc1nc(CNC(=O)Cn2cnc(C3CC3)cc2=O)nc(N2CCOCC2)n1. The number of hydrogen-bond donors (Lipinski definition) is 1. The number of amides is 1. The van der Waals surface area contributed by atoms with E-state index in [1.165, 1.54) is 24.1 Å². The monoisotopic (exact) mass is 401 g/mol. The number of morpholine rings is 1. The Bertz CT molecular complexity index is 938. The first-order valence-electron chi connectivity index (χ1n) is 9.57. The number of hydrogen-bond acceptors (Lipinski definition) is 9. The normalized spacial score (nSPS) is 16.5. The highest BCUT2D eigenvalue weighted by Crippen LogP contribution is 2.38. The average molecular weight is 401 g/mol. The summed E-state index contributed by atoms with van der Waals surface area (Å²) in [5, 5.41) is 2.73. The van der Waals surface area contributed by atoms with E-state index in [4.69, 9.17) is 9.47 Å². The predicted molar refractivity (Wildman–Crippen MR) is 102 cm³/mol. The van der Waals surface area contributed by atoms with Crippen LogP contribution in [0.3, 0.4) is 0 Å². The van der Waals surface area contributed by atoms with Gasteiger partial charge in [-0.05, 0) is 12.8 Å². The van der Waals surface area contributed by atoms with Gasteiger partial charge in [0.05, 0.1) is 38.9 Å². The molecule has 1 amide bonds. The van der Waals surface area contributed by atoms with Crippen LogP contribution in [0.15, 0.2) is 17.2 Å². The van der Waals surface area contributed by atoms with Gasteiger partial charge in [0.25, 0.3) is 5.56 Å². The molecule has 0 bridgehead atoms. The molecule has 0 unspecified atom stereocenters. The molecule has 0 atom stereocenters. The molecular weight excluding hydrogens is 378 g/mol. The third-order valence-electron chi connectivity index (χ3n) is 4.78. The molecule has 2 aromatic rings. The summed E-state index contributed by atoms with van der Waals surface area (Å²) in [6.07, 6.45) is 3.57. The summed E-state index contributed by atoms with van der Waals surface area (Å²) in [5.74, 6) is 0.924. The van der Waals surface area contributed by atoms with E-state index in [0.29, 0.717) is 44.0 Å². The van der Waals surface area contributed by atoms with Gasteiger partial charge in [-0.15, -0.1) is 0 Å². The molecule has 11 nitrogen and oxygen atoms in total. The maximum Gasteiger partial charge on any atom is 0.321 e. The van der Waals surface area contributed by atoms with Crippen molar-refractivity contribution in [2.45, 2.75) is 31.8 Å². The fourth-order valence-electron chi connectivity index (χ4n) is 3.01. The van der Waals surface area contributed by atoms with Crippen LogP contribution in [-0.4, -0.2) is 63.8 Å². The molecule has 4 rings (SSSR count). The number of nitrogens with one attached hydrogen (secondary N) is 1. The van der Waals surface area contributed by atoms with Crippen molar-refractivity contribution in [2.24, 2.45) is 0 Å². The van der Waals surface area contributed by atoms with Crippen molar-refractivity contribution in [2.75, 3.05) is 38.3 Å². The number of aromatic nitrogens is 5. The number of nitrogens with zero attached hydrogens (tertiary/aromatic N) is 6. The Morgan fingerprint density at radius 1 is 1.28 bits per heavy atom. The third kappa shape index (κ3) is 4.86. The van der Waals surface area contributed by atoms with Crippen LogP contribution in [0.2, 0.25) is 0 Å². The van der Waals surface area contributed by atoms with Crippen LogP contribution in [0.4, 0.5) is 5.95 Å². The lowest BCUT2D eigenvalue weighted by molar-refractivity contribution is -0.121. The largest absolute Gasteiger partial charge is 0.467 e. The first kappa shape index (κ1) is 19.2. The molecule has 1 saturated carbocycles. The summed E-state index contributed by atoms with van der Waals surface area (Å²) in [6.45, 7) is 2.52. The summed E-state index contributed by atoms with van der Waals surface area (Å²) in [4.78, 5) is 43.6. The Kier molecular flexibility index (Phi) is 5.65. The van der Waals surface area contributed by atoms with Gasteiger partial charge in [0.1, 0.15) is 6.54 Å². The van der Waals surface area contributed by atoms with E-state index in [-0.39, 0.29) is 30.6 Å². The van der Waals surface area contributed by atoms with Crippen molar-refractivity contribution in [3.8, 4) is 6.01 Å². The van der Waals surface area contributed by atoms with E-state index in [2.05, 4.69) is 25.3 Å². The molecule has 0 aromatic carbocycles. The first-order valence-corrected chi connectivity index (χ1v) is 9.57. The zero-order valence-electron chi connectivity index (χ0n) is 16.2. The van der Waals surface area contributed by atoms with Crippen molar-refractivity contribution in [1.29, 1.82) is 0 Å². The molecule has 3 heterocycles. The maximum atomic E-state index is 12.3. The second-order valence-electron chi connectivity index (χ2n) is 6.97. The Labute approximate surface area is 167 Å². The summed E-state index contributed by atoms with van der Waals surface area (Å²) < 4.78 is 11.8. The molecule has 154 valence electrons. The Morgan fingerprint density at radius 2 is 2.07 bits per heavy atom. The van der Waals surface area contributed by atoms with E-state index in [1.807, 2.05) is 4.90 Å². The third-order valence-corrected chi connectivity index (χ3v) is 4.78. The van der Waals surface area contributed by atoms with Gasteiger partial charge in [-0.25, -0.2) is 4.98 Å². The van der Waals surface area contributed by atoms with Crippen LogP contribution in [0, 0.1) is 0 Å². The van der Waals surface area contributed by atoms with Crippen molar-refractivity contribution in [1.82, 2.24) is 29.8 Å². The minimum absolute atomic E-state index is 0.0946. The van der Waals surface area contributed by atoms with E-state index >= 15 is 0 Å². The van der Waals surface area contributed by atoms with E-state index < -0.39 is 0 Å². The van der Waals surface area contributed by atoms with Gasteiger partial charge in [-0.1, -0.05) is 0 Å². The zero-order chi connectivity index (χ0) is 20.2. The highest BCUT2D eigenvalue weighted by Gasteiger charge is 2.25. The van der Waals surface area contributed by atoms with Crippen LogP contribution in [0.1, 0.15) is 30.3 Å². The smallest absolute Gasteiger partial charge is 0.321 e. The quantitative estimate of drug-likeness (QED) is 0.652. The van der Waals surface area contributed by atoms with Crippen LogP contribution < -0.4 is 20.5 Å². The molecule has 1 saturated heterocycles. The summed E-state index contributed by atoms with van der Waals surface area (Å²) >= 11 is 0. The number of anilines is 1. The summed E-state index contributed by atoms with van der Waals surface area (Å²) in [7, 11) is 1.48. The molecule has 1 aliphatic heterocycles. The lowest BCUT2D eigenvalue weighted by Crippen LogP contribution is -2.38. The van der Waals surface area contributed by atoms with Gasteiger partial charge in [0.15, 0.2) is 5.82 Å². The van der Waals surface area contributed by atoms with Crippen LogP contribution in [-0.2, 0) is 22.6 Å². The molecular formula is C18H23N7O4. The fourth-order valence-corrected chi connectivity index (χ4v) is 3.01. The van der Waals surface area contributed by atoms with Crippen molar-refractivity contribution in [3.63, 3.8) is 0 Å². The second-order valence-corrected chi connectivity index (χ2v) is 6.97. The lowest BCUT2D eigenvalue weighted by Gasteiger charge is -2.26. The minimum atomic E-state index is -0.333. The molecule has 0 spiro atoms.